The molecule has 1 saturated heterocycles. The van der Waals surface area contributed by atoms with Gasteiger partial charge in [0.15, 0.2) is 0 Å². The molecular formula is C20H21N5O4. The fraction of sp³-hybridized carbons (Fsp3) is 0.350. The third-order valence-corrected chi connectivity index (χ3v) is 4.38. The van der Waals surface area contributed by atoms with Crippen LogP contribution in [0.2, 0.25) is 0 Å². The van der Waals surface area contributed by atoms with Crippen LogP contribution in [0.4, 0.5) is 4.79 Å². The first-order valence-corrected chi connectivity index (χ1v) is 9.26. The first kappa shape index (κ1) is 20.1. The molecule has 1 unspecified atom stereocenters. The van der Waals surface area contributed by atoms with Crippen molar-refractivity contribution < 1.29 is 19.1 Å². The highest BCUT2D eigenvalue weighted by atomic mass is 16.5. The molecule has 1 aliphatic heterocycles. The third-order valence-electron chi connectivity index (χ3n) is 4.38. The second-order valence-electron chi connectivity index (χ2n) is 6.46. The number of hydrogen-bond donors (Lipinski definition) is 1. The summed E-state index contributed by atoms with van der Waals surface area (Å²) in [6.45, 7) is 0.904. The lowest BCUT2D eigenvalue weighted by molar-refractivity contribution is -0.132. The molecule has 150 valence electrons. The first-order valence-electron chi connectivity index (χ1n) is 9.26. The number of rotatable bonds is 6. The highest BCUT2D eigenvalue weighted by Gasteiger charge is 2.26. The van der Waals surface area contributed by atoms with E-state index >= 15 is 0 Å². The Morgan fingerprint density at radius 1 is 1.24 bits per heavy atom. The maximum Gasteiger partial charge on any atom is 0.407 e. The summed E-state index contributed by atoms with van der Waals surface area (Å²) in [5.41, 5.74) is 0.976. The Morgan fingerprint density at radius 3 is 2.83 bits per heavy atom. The molecule has 0 aliphatic carbocycles. The number of piperidine rings is 1. The van der Waals surface area contributed by atoms with Gasteiger partial charge in [-0.15, -0.1) is 0 Å². The van der Waals surface area contributed by atoms with Crippen LogP contribution >= 0.6 is 0 Å². The molecule has 2 heterocycles. The van der Waals surface area contributed by atoms with Gasteiger partial charge in [0.05, 0.1) is 6.54 Å². The molecule has 9 nitrogen and oxygen atoms in total. The van der Waals surface area contributed by atoms with E-state index in [0.29, 0.717) is 13.1 Å². The van der Waals surface area contributed by atoms with E-state index in [0.717, 1.165) is 18.4 Å². The van der Waals surface area contributed by atoms with E-state index in [1.54, 1.807) is 4.90 Å². The number of alkyl carbamates (subject to hydrolysis) is 1. The molecule has 1 aliphatic rings. The quantitative estimate of drug-likeness (QED) is 0.790. The summed E-state index contributed by atoms with van der Waals surface area (Å²) in [6, 6.07) is 11.2. The largest absolute Gasteiger partial charge is 0.470 e. The van der Waals surface area contributed by atoms with Gasteiger partial charge in [-0.2, -0.15) is 5.26 Å². The van der Waals surface area contributed by atoms with Crippen molar-refractivity contribution in [1.82, 2.24) is 20.2 Å². The molecule has 1 atom stereocenters. The van der Waals surface area contributed by atoms with Gasteiger partial charge >= 0.3 is 6.09 Å². The van der Waals surface area contributed by atoms with Gasteiger partial charge < -0.3 is 19.7 Å². The topological polar surface area (TPSA) is 117 Å². The fourth-order valence-corrected chi connectivity index (χ4v) is 2.94. The maximum atomic E-state index is 12.4. The zero-order valence-electron chi connectivity index (χ0n) is 15.8. The minimum atomic E-state index is -0.648. The molecule has 0 saturated carbocycles. The van der Waals surface area contributed by atoms with Gasteiger partial charge in [-0.25, -0.2) is 14.8 Å². The average molecular weight is 395 g/mol. The number of nitrogens with one attached hydrogen (secondary N) is 1. The van der Waals surface area contributed by atoms with E-state index in [1.807, 2.05) is 36.4 Å². The van der Waals surface area contributed by atoms with Gasteiger partial charge in [-0.3, -0.25) is 4.79 Å². The smallest absolute Gasteiger partial charge is 0.407 e. The lowest BCUT2D eigenvalue weighted by Gasteiger charge is -2.32. The number of likely N-dealkylation sites (tertiary alicyclic amines) is 1. The average Bonchev–Trinajstić information content (AvgIpc) is 2.77. The van der Waals surface area contributed by atoms with E-state index in [-0.39, 0.29) is 36.7 Å². The summed E-state index contributed by atoms with van der Waals surface area (Å²) in [5, 5.41) is 11.6. The van der Waals surface area contributed by atoms with E-state index in [2.05, 4.69) is 15.3 Å². The molecule has 0 radical (unpaired) electrons. The van der Waals surface area contributed by atoms with E-state index in [1.165, 1.54) is 12.4 Å². The van der Waals surface area contributed by atoms with Crippen LogP contribution in [-0.2, 0) is 16.1 Å². The number of carbonyl (C=O) groups excluding carboxylic acids is 2. The Balaban J connectivity index is 1.44. The van der Waals surface area contributed by atoms with Crippen LogP contribution in [0.1, 0.15) is 24.1 Å². The summed E-state index contributed by atoms with van der Waals surface area (Å²) in [5.74, 6) is -0.0634. The normalized spacial score (nSPS) is 15.8. The molecule has 0 bridgehead atoms. The van der Waals surface area contributed by atoms with Crippen molar-refractivity contribution in [2.24, 2.45) is 0 Å². The van der Waals surface area contributed by atoms with Crippen LogP contribution in [-0.4, -0.2) is 52.6 Å². The van der Waals surface area contributed by atoms with Gasteiger partial charge in [-0.1, -0.05) is 30.3 Å². The number of nitrogens with zero attached hydrogens (tertiary/aromatic N) is 4. The lowest BCUT2D eigenvalue weighted by Crippen LogP contribution is -2.48. The predicted molar refractivity (Wildman–Crippen MR) is 102 cm³/mol. The Kier molecular flexibility index (Phi) is 6.95. The number of nitriles is 1. The molecule has 2 aromatic rings. The van der Waals surface area contributed by atoms with Gasteiger partial charge in [0.25, 0.3) is 5.88 Å². The van der Waals surface area contributed by atoms with Crippen LogP contribution in [0.15, 0.2) is 42.7 Å². The number of benzene rings is 1. The molecule has 9 heteroatoms. The van der Waals surface area contributed by atoms with Gasteiger partial charge in [-0.05, 0) is 18.4 Å². The second kappa shape index (κ2) is 10.0. The minimum Gasteiger partial charge on any atom is -0.470 e. The summed E-state index contributed by atoms with van der Waals surface area (Å²) in [7, 11) is 0. The van der Waals surface area contributed by atoms with E-state index in [9.17, 15) is 9.59 Å². The Bertz CT molecular complexity index is 884. The van der Waals surface area contributed by atoms with Crippen LogP contribution in [0, 0.1) is 11.3 Å². The highest BCUT2D eigenvalue weighted by molar-refractivity contribution is 5.82. The number of carbonyl (C=O) groups is 2. The lowest BCUT2D eigenvalue weighted by atomic mass is 10.1. The summed E-state index contributed by atoms with van der Waals surface area (Å²) in [4.78, 5) is 33.8. The fourth-order valence-electron chi connectivity index (χ4n) is 2.94. The molecule has 1 aromatic carbocycles. The van der Waals surface area contributed by atoms with Crippen molar-refractivity contribution in [3.63, 3.8) is 0 Å². The molecule has 1 aromatic heterocycles. The predicted octanol–water partition coefficient (Wildman–Crippen LogP) is 1.64. The van der Waals surface area contributed by atoms with Gasteiger partial charge in [0.2, 0.25) is 11.6 Å². The number of amides is 2. The van der Waals surface area contributed by atoms with Crippen molar-refractivity contribution in [1.29, 1.82) is 5.26 Å². The third kappa shape index (κ3) is 5.90. The minimum absolute atomic E-state index is 0.110. The highest BCUT2D eigenvalue weighted by Crippen LogP contribution is 2.18. The molecule has 2 amide bonds. The van der Waals surface area contributed by atoms with Crippen molar-refractivity contribution >= 4 is 12.0 Å². The van der Waals surface area contributed by atoms with Crippen molar-refractivity contribution in [2.45, 2.75) is 25.6 Å². The molecule has 0 spiro atoms. The molecule has 29 heavy (non-hydrogen) atoms. The summed E-state index contributed by atoms with van der Waals surface area (Å²) in [6.07, 6.45) is 3.42. The monoisotopic (exact) mass is 395 g/mol. The van der Waals surface area contributed by atoms with Crippen molar-refractivity contribution in [3.8, 4) is 11.9 Å². The summed E-state index contributed by atoms with van der Waals surface area (Å²) >= 11 is 0. The van der Waals surface area contributed by atoms with Crippen molar-refractivity contribution in [3.05, 3.63) is 54.0 Å². The standard InChI is InChI=1S/C20H21N5O4/c21-11-17-19(23-9-8-22-17)29-16-7-4-10-25(13-16)18(26)12-24-20(27)28-14-15-5-2-1-3-6-15/h1-3,5-6,8-9,16H,4,7,10,12-14H2,(H,24,27). The van der Waals surface area contributed by atoms with Crippen LogP contribution in [0.3, 0.4) is 0 Å². The van der Waals surface area contributed by atoms with Crippen LogP contribution in [0.5, 0.6) is 5.88 Å². The van der Waals surface area contributed by atoms with Crippen LogP contribution < -0.4 is 10.1 Å². The molecular weight excluding hydrogens is 374 g/mol. The van der Waals surface area contributed by atoms with Crippen molar-refractivity contribution in [2.75, 3.05) is 19.6 Å². The number of ether oxygens (including phenoxy) is 2. The SMILES string of the molecule is N#Cc1nccnc1OC1CCCN(C(=O)CNC(=O)OCc2ccccc2)C1. The zero-order valence-corrected chi connectivity index (χ0v) is 15.8. The number of aromatic nitrogens is 2. The van der Waals surface area contributed by atoms with Gasteiger partial charge in [0.1, 0.15) is 25.3 Å². The molecule has 1 fully saturated rings. The summed E-state index contributed by atoms with van der Waals surface area (Å²) < 4.78 is 10.9. The Labute approximate surface area is 168 Å². The maximum absolute atomic E-state index is 12.4. The van der Waals surface area contributed by atoms with Crippen LogP contribution in [0.25, 0.3) is 0 Å². The van der Waals surface area contributed by atoms with Gasteiger partial charge in [0, 0.05) is 18.9 Å². The molecule has 1 N–H and O–H groups in total. The van der Waals surface area contributed by atoms with E-state index in [4.69, 9.17) is 14.7 Å². The zero-order chi connectivity index (χ0) is 20.5. The Hall–Kier alpha value is -3.67. The first-order chi connectivity index (χ1) is 14.2. The van der Waals surface area contributed by atoms with E-state index < -0.39 is 6.09 Å². The Morgan fingerprint density at radius 2 is 2.03 bits per heavy atom. The number of hydrogen-bond acceptors (Lipinski definition) is 7. The molecule has 3 rings (SSSR count). The second-order valence-corrected chi connectivity index (χ2v) is 6.46.